The number of piperidine rings is 1. The highest BCUT2D eigenvalue weighted by Gasteiger charge is 2.35. The highest BCUT2D eigenvalue weighted by Crippen LogP contribution is 2.34. The van der Waals surface area contributed by atoms with Crippen LogP contribution in [0, 0.1) is 18.3 Å². The highest BCUT2D eigenvalue weighted by atomic mass is 35.5. The van der Waals surface area contributed by atoms with Gasteiger partial charge in [0.25, 0.3) is 5.91 Å². The van der Waals surface area contributed by atoms with Crippen molar-refractivity contribution in [2.24, 2.45) is 0 Å². The summed E-state index contributed by atoms with van der Waals surface area (Å²) >= 11 is 7.66. The molecule has 0 radical (unpaired) electrons. The number of aryl methyl sites for hydroxylation is 1. The van der Waals surface area contributed by atoms with Crippen LogP contribution in [0.25, 0.3) is 0 Å². The minimum absolute atomic E-state index is 0.000423. The summed E-state index contributed by atoms with van der Waals surface area (Å²) < 4.78 is -0.332. The molecule has 0 unspecified atom stereocenters. The van der Waals surface area contributed by atoms with Crippen molar-refractivity contribution in [1.29, 1.82) is 5.26 Å². The molecule has 2 rings (SSSR count). The summed E-state index contributed by atoms with van der Waals surface area (Å²) in [6.07, 6.45) is 3.40. The van der Waals surface area contributed by atoms with Crippen molar-refractivity contribution < 1.29 is 4.79 Å². The number of carbonyl (C=O) groups excluding carboxylic acids is 1. The zero-order chi connectivity index (χ0) is 14.8. The van der Waals surface area contributed by atoms with Gasteiger partial charge in [-0.25, -0.2) is 0 Å². The molecule has 5 heteroatoms. The molecule has 1 aromatic rings. The Balaban J connectivity index is 2.09. The molecule has 20 heavy (non-hydrogen) atoms. The topological polar surface area (TPSA) is 44.1 Å². The van der Waals surface area contributed by atoms with E-state index in [0.29, 0.717) is 23.7 Å². The Morgan fingerprint density at radius 3 is 2.60 bits per heavy atom. The zero-order valence-corrected chi connectivity index (χ0v) is 13.2. The molecule has 1 fully saturated rings. The van der Waals surface area contributed by atoms with Crippen molar-refractivity contribution in [2.45, 2.75) is 24.5 Å². The third kappa shape index (κ3) is 2.94. The predicted octanol–water partition coefficient (Wildman–Crippen LogP) is 3.51. The minimum Gasteiger partial charge on any atom is -0.338 e. The molecule has 1 aromatic carbocycles. The van der Waals surface area contributed by atoms with Crippen LogP contribution in [-0.4, -0.2) is 34.9 Å². The molecule has 106 valence electrons. The summed E-state index contributed by atoms with van der Waals surface area (Å²) in [4.78, 5) is 14.2. The molecule has 0 bridgehead atoms. The number of hydrogen-bond donors (Lipinski definition) is 0. The molecule has 0 saturated carbocycles. The fraction of sp³-hybridized carbons (Fsp3) is 0.467. The maximum absolute atomic E-state index is 12.4. The van der Waals surface area contributed by atoms with E-state index in [9.17, 15) is 10.1 Å². The molecule has 0 aliphatic carbocycles. The van der Waals surface area contributed by atoms with Crippen molar-refractivity contribution in [2.75, 3.05) is 19.3 Å². The Bertz CT molecular complexity index is 559. The van der Waals surface area contributed by atoms with Crippen LogP contribution in [0.4, 0.5) is 0 Å². The summed E-state index contributed by atoms with van der Waals surface area (Å²) in [5.74, 6) is -0.000423. The Kier molecular flexibility index (Phi) is 4.62. The van der Waals surface area contributed by atoms with Gasteiger partial charge in [0.15, 0.2) is 0 Å². The van der Waals surface area contributed by atoms with Crippen molar-refractivity contribution in [3.63, 3.8) is 0 Å². The van der Waals surface area contributed by atoms with Gasteiger partial charge >= 0.3 is 0 Å². The average molecular weight is 309 g/mol. The first kappa shape index (κ1) is 15.2. The number of thioether (sulfide) groups is 1. The molecule has 1 heterocycles. The van der Waals surface area contributed by atoms with E-state index in [-0.39, 0.29) is 10.7 Å². The quantitative estimate of drug-likeness (QED) is 0.840. The van der Waals surface area contributed by atoms with Crippen molar-refractivity contribution in [3.05, 3.63) is 34.3 Å². The average Bonchev–Trinajstić information content (AvgIpc) is 2.49. The van der Waals surface area contributed by atoms with Gasteiger partial charge in [-0.3, -0.25) is 4.79 Å². The van der Waals surface area contributed by atoms with E-state index in [1.54, 1.807) is 17.8 Å². The monoisotopic (exact) mass is 308 g/mol. The summed E-state index contributed by atoms with van der Waals surface area (Å²) in [6, 6.07) is 7.78. The van der Waals surface area contributed by atoms with E-state index in [1.165, 1.54) is 0 Å². The van der Waals surface area contributed by atoms with Crippen molar-refractivity contribution in [3.8, 4) is 6.07 Å². The summed E-state index contributed by atoms with van der Waals surface area (Å²) in [5, 5.41) is 9.87. The van der Waals surface area contributed by atoms with Crippen LogP contribution >= 0.6 is 23.4 Å². The molecule has 1 aliphatic heterocycles. The number of benzene rings is 1. The van der Waals surface area contributed by atoms with E-state index in [2.05, 4.69) is 6.07 Å². The number of rotatable bonds is 2. The molecule has 1 amide bonds. The van der Waals surface area contributed by atoms with E-state index in [1.807, 2.05) is 30.2 Å². The van der Waals surface area contributed by atoms with Gasteiger partial charge < -0.3 is 4.90 Å². The molecule has 3 nitrogen and oxygen atoms in total. The van der Waals surface area contributed by atoms with Gasteiger partial charge in [-0.1, -0.05) is 17.7 Å². The van der Waals surface area contributed by atoms with Crippen LogP contribution in [0.1, 0.15) is 28.8 Å². The van der Waals surface area contributed by atoms with E-state index < -0.39 is 0 Å². The van der Waals surface area contributed by atoms with E-state index in [0.717, 1.165) is 18.4 Å². The maximum atomic E-state index is 12.4. The molecular weight excluding hydrogens is 292 g/mol. The molecule has 0 atom stereocenters. The fourth-order valence-corrected chi connectivity index (χ4v) is 3.20. The van der Waals surface area contributed by atoms with Gasteiger partial charge in [0, 0.05) is 23.7 Å². The summed E-state index contributed by atoms with van der Waals surface area (Å²) in [7, 11) is 0. The number of hydrogen-bond acceptors (Lipinski definition) is 3. The first-order valence-electron chi connectivity index (χ1n) is 6.53. The lowest BCUT2D eigenvalue weighted by molar-refractivity contribution is 0.0716. The Hall–Kier alpha value is -1.18. The first-order chi connectivity index (χ1) is 9.51. The van der Waals surface area contributed by atoms with Gasteiger partial charge in [-0.05, 0) is 43.7 Å². The van der Waals surface area contributed by atoms with Crippen LogP contribution in [0.3, 0.4) is 0 Å². The smallest absolute Gasteiger partial charge is 0.253 e. The second-order valence-corrected chi connectivity index (χ2v) is 6.66. The number of nitrogens with zero attached hydrogens (tertiary/aromatic N) is 2. The Morgan fingerprint density at radius 2 is 2.10 bits per heavy atom. The largest absolute Gasteiger partial charge is 0.338 e. The van der Waals surface area contributed by atoms with Gasteiger partial charge in [0.2, 0.25) is 0 Å². The Morgan fingerprint density at radius 1 is 1.45 bits per heavy atom. The third-order valence-corrected chi connectivity index (χ3v) is 5.56. The van der Waals surface area contributed by atoms with Crippen molar-refractivity contribution >= 4 is 29.3 Å². The second kappa shape index (κ2) is 6.07. The molecule has 0 N–H and O–H groups in total. The van der Waals surface area contributed by atoms with Crippen molar-refractivity contribution in [1.82, 2.24) is 4.90 Å². The molecular formula is C15H17ClN2OS. The van der Waals surface area contributed by atoms with Gasteiger partial charge in [0.05, 0.1) is 6.07 Å². The van der Waals surface area contributed by atoms with Crippen LogP contribution in [0.5, 0.6) is 0 Å². The highest BCUT2D eigenvalue weighted by molar-refractivity contribution is 8.00. The maximum Gasteiger partial charge on any atom is 0.253 e. The van der Waals surface area contributed by atoms with Crippen LogP contribution in [0.2, 0.25) is 5.02 Å². The predicted molar refractivity (Wildman–Crippen MR) is 83.2 cm³/mol. The molecule has 0 aromatic heterocycles. The number of amides is 1. The van der Waals surface area contributed by atoms with Crippen LogP contribution in [0.15, 0.2) is 18.2 Å². The summed E-state index contributed by atoms with van der Waals surface area (Å²) in [6.45, 7) is 3.16. The number of likely N-dealkylation sites (tertiary alicyclic amines) is 1. The first-order valence-corrected chi connectivity index (χ1v) is 8.13. The fourth-order valence-electron chi connectivity index (χ4n) is 2.34. The van der Waals surface area contributed by atoms with E-state index in [4.69, 9.17) is 11.6 Å². The van der Waals surface area contributed by atoms with Crippen LogP contribution < -0.4 is 0 Å². The SMILES string of the molecule is CSC1(C#N)CCN(C(=O)c2ccc(C)c(Cl)c2)CC1. The van der Waals surface area contributed by atoms with Gasteiger partial charge in [-0.2, -0.15) is 5.26 Å². The lowest BCUT2D eigenvalue weighted by Crippen LogP contribution is -2.44. The molecule has 0 spiro atoms. The summed E-state index contributed by atoms with van der Waals surface area (Å²) in [5.41, 5.74) is 1.59. The number of nitriles is 1. The second-order valence-electron chi connectivity index (χ2n) is 5.07. The minimum atomic E-state index is -0.332. The third-order valence-electron chi connectivity index (χ3n) is 3.87. The van der Waals surface area contributed by atoms with Crippen LogP contribution in [-0.2, 0) is 0 Å². The van der Waals surface area contributed by atoms with Gasteiger partial charge in [0.1, 0.15) is 4.75 Å². The molecule has 1 saturated heterocycles. The lowest BCUT2D eigenvalue weighted by Gasteiger charge is -2.36. The lowest BCUT2D eigenvalue weighted by atomic mass is 9.96. The number of carbonyl (C=O) groups is 1. The Labute approximate surface area is 128 Å². The zero-order valence-electron chi connectivity index (χ0n) is 11.6. The standard InChI is InChI=1S/C15H17ClN2OS/c1-11-3-4-12(9-13(11)16)14(19)18-7-5-15(10-17,20-2)6-8-18/h3-4,9H,5-8H2,1-2H3. The normalized spacial score (nSPS) is 17.6. The van der Waals surface area contributed by atoms with E-state index >= 15 is 0 Å². The number of halogens is 1. The van der Waals surface area contributed by atoms with Gasteiger partial charge in [-0.15, -0.1) is 11.8 Å². The molecule has 1 aliphatic rings.